The third-order valence-electron chi connectivity index (χ3n) is 3.76. The van der Waals surface area contributed by atoms with Crippen molar-refractivity contribution in [2.24, 2.45) is 5.41 Å². The van der Waals surface area contributed by atoms with Gasteiger partial charge in [0.05, 0.1) is 11.2 Å². The zero-order valence-corrected chi connectivity index (χ0v) is 16.3. The molecule has 1 aromatic heterocycles. The summed E-state index contributed by atoms with van der Waals surface area (Å²) < 4.78 is 11.6. The molecule has 1 aliphatic carbocycles. The van der Waals surface area contributed by atoms with Crippen LogP contribution >= 0.6 is 27.7 Å². The van der Waals surface area contributed by atoms with E-state index in [-0.39, 0.29) is 17.0 Å². The van der Waals surface area contributed by atoms with Crippen LogP contribution in [0.1, 0.15) is 37.2 Å². The Hall–Kier alpha value is -1.79. The Kier molecular flexibility index (Phi) is 5.20. The van der Waals surface area contributed by atoms with Crippen LogP contribution in [0, 0.1) is 5.41 Å². The number of benzene rings is 1. The minimum Gasteiger partial charge on any atom is -0.457 e. The number of carbonyl (C=O) groups excluding carboxylic acids is 2. The van der Waals surface area contributed by atoms with Gasteiger partial charge < -0.3 is 9.15 Å². The van der Waals surface area contributed by atoms with Gasteiger partial charge in [-0.1, -0.05) is 41.5 Å². The number of thioether (sulfide) groups is 1. The molecule has 0 aliphatic heterocycles. The molecule has 0 N–H and O–H groups in total. The molecule has 0 saturated carbocycles. The van der Waals surface area contributed by atoms with Crippen LogP contribution in [-0.4, -0.2) is 11.8 Å². The predicted molar refractivity (Wildman–Crippen MR) is 99.2 cm³/mol. The lowest BCUT2D eigenvalue weighted by Crippen LogP contribution is -2.26. The van der Waals surface area contributed by atoms with Gasteiger partial charge in [-0.3, -0.25) is 4.79 Å². The molecule has 0 fully saturated rings. The molecule has 0 atom stereocenters. The van der Waals surface area contributed by atoms with Crippen molar-refractivity contribution in [3.05, 3.63) is 63.6 Å². The fourth-order valence-corrected chi connectivity index (χ4v) is 3.81. The third kappa shape index (κ3) is 4.44. The number of allylic oxidation sites excluding steroid dienone is 2. The molecule has 0 unspecified atom stereocenters. The second-order valence-electron chi connectivity index (χ2n) is 6.62. The Bertz CT molecular complexity index is 820. The summed E-state index contributed by atoms with van der Waals surface area (Å²) in [4.78, 5) is 26.3. The van der Waals surface area contributed by atoms with E-state index >= 15 is 0 Å². The van der Waals surface area contributed by atoms with Crippen molar-refractivity contribution in [2.45, 2.75) is 31.6 Å². The lowest BCUT2D eigenvalue weighted by atomic mass is 9.79. The fourth-order valence-electron chi connectivity index (χ4n) is 2.62. The van der Waals surface area contributed by atoms with Gasteiger partial charge in [-0.25, -0.2) is 4.79 Å². The zero-order chi connectivity index (χ0) is 18.0. The zero-order valence-electron chi connectivity index (χ0n) is 13.9. The summed E-state index contributed by atoms with van der Waals surface area (Å²) in [5.41, 5.74) is -0.250. The Balaban J connectivity index is 1.91. The maximum Gasteiger partial charge on any atom is 0.379 e. The highest BCUT2D eigenvalue weighted by molar-refractivity contribution is 9.10. The summed E-state index contributed by atoms with van der Waals surface area (Å²) in [5.74, 6) is -0.0577. The molecule has 2 aromatic rings. The van der Waals surface area contributed by atoms with Crippen LogP contribution in [0.15, 0.2) is 67.1 Å². The average molecular weight is 421 g/mol. The fraction of sp³-hybridized carbons (Fsp3) is 0.263. The van der Waals surface area contributed by atoms with Crippen LogP contribution < -0.4 is 0 Å². The summed E-state index contributed by atoms with van der Waals surface area (Å²) in [7, 11) is 0. The highest BCUT2D eigenvalue weighted by Gasteiger charge is 2.36. The van der Waals surface area contributed by atoms with Gasteiger partial charge in [0.25, 0.3) is 0 Å². The van der Waals surface area contributed by atoms with E-state index in [1.165, 1.54) is 18.0 Å². The Labute approximate surface area is 158 Å². The molecule has 0 bridgehead atoms. The van der Waals surface area contributed by atoms with E-state index in [1.807, 2.05) is 38.1 Å². The van der Waals surface area contributed by atoms with Crippen LogP contribution in [0.2, 0.25) is 0 Å². The average Bonchev–Trinajstić information content (AvgIpc) is 3.06. The third-order valence-corrected chi connectivity index (χ3v) is 5.45. The second-order valence-corrected chi connectivity index (χ2v) is 8.62. The van der Waals surface area contributed by atoms with Crippen molar-refractivity contribution < 1.29 is 18.7 Å². The van der Waals surface area contributed by atoms with Crippen molar-refractivity contribution >= 4 is 39.4 Å². The van der Waals surface area contributed by atoms with E-state index in [9.17, 15) is 9.59 Å². The Morgan fingerprint density at radius 2 is 1.92 bits per heavy atom. The summed E-state index contributed by atoms with van der Waals surface area (Å²) in [6.07, 6.45) is 2.36. The molecule has 0 radical (unpaired) electrons. The number of hydrogen-bond donors (Lipinski definition) is 0. The van der Waals surface area contributed by atoms with Crippen LogP contribution in [0.5, 0.6) is 0 Å². The van der Waals surface area contributed by atoms with Gasteiger partial charge in [0, 0.05) is 22.2 Å². The van der Waals surface area contributed by atoms with Gasteiger partial charge in [-0.2, -0.15) is 0 Å². The molecule has 130 valence electrons. The number of ketones is 1. The first kappa shape index (κ1) is 18.0. The molecule has 6 heteroatoms. The number of halogens is 1. The van der Waals surface area contributed by atoms with E-state index in [0.29, 0.717) is 23.5 Å². The summed E-state index contributed by atoms with van der Waals surface area (Å²) in [5, 5.41) is 0. The second kappa shape index (κ2) is 7.22. The van der Waals surface area contributed by atoms with Gasteiger partial charge in [0.1, 0.15) is 5.76 Å². The minimum absolute atomic E-state index is 0.00795. The summed E-state index contributed by atoms with van der Waals surface area (Å²) in [6.45, 7) is 3.99. The molecule has 3 rings (SSSR count). The first-order valence-corrected chi connectivity index (χ1v) is 9.40. The molecular formula is C19H17BrO4S. The van der Waals surface area contributed by atoms with Crippen LogP contribution in [-0.2, 0) is 9.53 Å². The number of rotatable bonds is 4. The monoisotopic (exact) mass is 420 g/mol. The molecule has 1 heterocycles. The number of Topliss-reactive ketones (excluding diaryl/α,β-unsaturated/α-hetero) is 1. The summed E-state index contributed by atoms with van der Waals surface area (Å²) in [6, 6.07) is 10.8. The smallest absolute Gasteiger partial charge is 0.379 e. The van der Waals surface area contributed by atoms with E-state index in [1.54, 1.807) is 12.1 Å². The quantitative estimate of drug-likeness (QED) is 0.603. The highest BCUT2D eigenvalue weighted by Crippen LogP contribution is 2.43. The van der Waals surface area contributed by atoms with Crippen molar-refractivity contribution in [1.29, 1.82) is 0 Å². The van der Waals surface area contributed by atoms with Crippen LogP contribution in [0.25, 0.3) is 0 Å². The van der Waals surface area contributed by atoms with Crippen molar-refractivity contribution in [3.8, 4) is 0 Å². The maximum absolute atomic E-state index is 12.7. The van der Waals surface area contributed by atoms with E-state index in [2.05, 4.69) is 15.9 Å². The Morgan fingerprint density at radius 3 is 2.56 bits per heavy atom. The van der Waals surface area contributed by atoms with Gasteiger partial charge in [0.15, 0.2) is 5.78 Å². The number of hydrogen-bond acceptors (Lipinski definition) is 5. The molecule has 4 nitrogen and oxygen atoms in total. The van der Waals surface area contributed by atoms with Crippen molar-refractivity contribution in [3.63, 3.8) is 0 Å². The number of carbonyl (C=O) groups is 2. The lowest BCUT2D eigenvalue weighted by molar-refractivity contribution is -0.117. The molecule has 0 amide bonds. The number of ether oxygens (including phenoxy) is 1. The molecule has 0 spiro atoms. The first-order chi connectivity index (χ1) is 11.8. The maximum atomic E-state index is 12.7. The van der Waals surface area contributed by atoms with E-state index in [4.69, 9.17) is 9.15 Å². The Morgan fingerprint density at radius 1 is 1.20 bits per heavy atom. The standard InChI is InChI=1S/C19H17BrO4S/c1-19(2)10-14(21)17(25-13-7-5-12(20)6-8-13)16(11-19)24-18(22)15-4-3-9-23-15/h3-9H,10-11H2,1-2H3. The molecule has 25 heavy (non-hydrogen) atoms. The topological polar surface area (TPSA) is 56.5 Å². The molecule has 0 saturated heterocycles. The predicted octanol–water partition coefficient (Wildman–Crippen LogP) is 5.59. The van der Waals surface area contributed by atoms with Gasteiger partial charge >= 0.3 is 5.97 Å². The normalized spacial score (nSPS) is 16.8. The van der Waals surface area contributed by atoms with Gasteiger partial charge in [-0.15, -0.1) is 0 Å². The van der Waals surface area contributed by atoms with Gasteiger partial charge in [-0.05, 0) is 41.8 Å². The van der Waals surface area contributed by atoms with Crippen molar-refractivity contribution in [2.75, 3.05) is 0 Å². The van der Waals surface area contributed by atoms with Crippen LogP contribution in [0.4, 0.5) is 0 Å². The minimum atomic E-state index is -0.584. The number of furan rings is 1. The van der Waals surface area contributed by atoms with E-state index in [0.717, 1.165) is 9.37 Å². The van der Waals surface area contributed by atoms with Crippen molar-refractivity contribution in [1.82, 2.24) is 0 Å². The number of esters is 1. The van der Waals surface area contributed by atoms with Crippen LogP contribution in [0.3, 0.4) is 0 Å². The highest BCUT2D eigenvalue weighted by atomic mass is 79.9. The lowest BCUT2D eigenvalue weighted by Gasteiger charge is -2.30. The molecule has 1 aliphatic rings. The first-order valence-electron chi connectivity index (χ1n) is 7.79. The summed E-state index contributed by atoms with van der Waals surface area (Å²) >= 11 is 4.73. The largest absolute Gasteiger partial charge is 0.457 e. The molecule has 1 aromatic carbocycles. The molecular weight excluding hydrogens is 404 g/mol. The SMILES string of the molecule is CC1(C)CC(=O)C(Sc2ccc(Br)cc2)=C(OC(=O)c2ccco2)C1. The van der Waals surface area contributed by atoms with E-state index < -0.39 is 5.97 Å². The van der Waals surface area contributed by atoms with Gasteiger partial charge in [0.2, 0.25) is 5.76 Å².